The zero-order valence-corrected chi connectivity index (χ0v) is 9.87. The number of amides is 1. The first-order valence-electron chi connectivity index (χ1n) is 5.18. The van der Waals surface area contributed by atoms with Gasteiger partial charge in [0.1, 0.15) is 5.15 Å². The van der Waals surface area contributed by atoms with E-state index in [0.717, 1.165) is 12.8 Å². The van der Waals surface area contributed by atoms with Gasteiger partial charge >= 0.3 is 0 Å². The minimum absolute atomic E-state index is 0.185. The summed E-state index contributed by atoms with van der Waals surface area (Å²) in [6, 6.07) is 1.01. The molecule has 1 atom stereocenters. The Labute approximate surface area is 99.4 Å². The molecule has 0 unspecified atom stereocenters. The van der Waals surface area contributed by atoms with Crippen LogP contribution in [0.2, 0.25) is 5.15 Å². The second-order valence-electron chi connectivity index (χ2n) is 3.44. The predicted octanol–water partition coefficient (Wildman–Crippen LogP) is 1.59. The molecule has 1 heterocycles. The molecule has 1 amide bonds. The highest BCUT2D eigenvalue weighted by molar-refractivity contribution is 6.29. The Morgan fingerprint density at radius 3 is 3.06 bits per heavy atom. The second-order valence-corrected chi connectivity index (χ2v) is 3.83. The van der Waals surface area contributed by atoms with E-state index in [1.165, 1.54) is 12.3 Å². The van der Waals surface area contributed by atoms with Gasteiger partial charge in [-0.15, -0.1) is 0 Å². The average molecular weight is 243 g/mol. The van der Waals surface area contributed by atoms with Gasteiger partial charge in [-0.25, -0.2) is 9.97 Å². The Bertz CT molecular complexity index is 358. The molecule has 0 saturated carbocycles. The van der Waals surface area contributed by atoms with Crippen molar-refractivity contribution in [3.8, 4) is 0 Å². The van der Waals surface area contributed by atoms with Gasteiger partial charge < -0.3 is 5.73 Å². The molecule has 0 bridgehead atoms. The van der Waals surface area contributed by atoms with Crippen LogP contribution in [0, 0.1) is 0 Å². The van der Waals surface area contributed by atoms with Crippen molar-refractivity contribution < 1.29 is 4.79 Å². The monoisotopic (exact) mass is 242 g/mol. The lowest BCUT2D eigenvalue weighted by Crippen LogP contribution is -2.35. The highest BCUT2D eigenvalue weighted by Crippen LogP contribution is 2.06. The molecule has 0 fully saturated rings. The summed E-state index contributed by atoms with van der Waals surface area (Å²) in [7, 11) is 0. The molecule has 1 rings (SSSR count). The molecule has 16 heavy (non-hydrogen) atoms. The topological polar surface area (TPSA) is 80.9 Å². The van der Waals surface area contributed by atoms with Gasteiger partial charge in [0.2, 0.25) is 11.9 Å². The number of nitrogens with one attached hydrogen (secondary N) is 1. The predicted molar refractivity (Wildman–Crippen MR) is 63.2 cm³/mol. The maximum atomic E-state index is 11.6. The van der Waals surface area contributed by atoms with Gasteiger partial charge in [-0.1, -0.05) is 31.4 Å². The first-order chi connectivity index (χ1) is 7.63. The highest BCUT2D eigenvalue weighted by Gasteiger charge is 2.13. The molecule has 5 nitrogen and oxygen atoms in total. The van der Waals surface area contributed by atoms with Crippen LogP contribution in [0.1, 0.15) is 26.2 Å². The van der Waals surface area contributed by atoms with Gasteiger partial charge in [0.15, 0.2) is 0 Å². The van der Waals surface area contributed by atoms with Gasteiger partial charge in [0, 0.05) is 6.20 Å². The molecule has 0 saturated heterocycles. The molecule has 3 N–H and O–H groups in total. The number of hydrogen-bond donors (Lipinski definition) is 2. The molecule has 0 aliphatic rings. The maximum absolute atomic E-state index is 11.6. The Morgan fingerprint density at radius 2 is 2.44 bits per heavy atom. The van der Waals surface area contributed by atoms with E-state index in [4.69, 9.17) is 17.3 Å². The number of aromatic nitrogens is 2. The van der Waals surface area contributed by atoms with Crippen molar-refractivity contribution in [2.75, 3.05) is 5.32 Å². The van der Waals surface area contributed by atoms with Crippen LogP contribution >= 0.6 is 11.6 Å². The number of anilines is 1. The number of nitrogens with zero attached hydrogens (tertiary/aromatic N) is 2. The van der Waals surface area contributed by atoms with Crippen molar-refractivity contribution in [1.82, 2.24) is 9.97 Å². The van der Waals surface area contributed by atoms with Gasteiger partial charge in [0.25, 0.3) is 0 Å². The third-order valence-electron chi connectivity index (χ3n) is 2.06. The normalized spacial score (nSPS) is 12.2. The number of carbonyl (C=O) groups is 1. The Kier molecular flexibility index (Phi) is 5.14. The molecule has 88 valence electrons. The van der Waals surface area contributed by atoms with E-state index in [0.29, 0.717) is 6.42 Å². The van der Waals surface area contributed by atoms with Crippen LogP contribution in [0.25, 0.3) is 0 Å². The minimum Gasteiger partial charge on any atom is -0.320 e. The zero-order valence-electron chi connectivity index (χ0n) is 9.11. The molecule has 0 spiro atoms. The molecule has 0 aromatic carbocycles. The fraction of sp³-hybridized carbons (Fsp3) is 0.500. The quantitative estimate of drug-likeness (QED) is 0.769. The van der Waals surface area contributed by atoms with Crippen molar-refractivity contribution in [3.63, 3.8) is 0 Å². The van der Waals surface area contributed by atoms with Crippen LogP contribution in [-0.4, -0.2) is 21.9 Å². The number of nitrogens with two attached hydrogens (primary N) is 1. The van der Waals surface area contributed by atoms with Crippen LogP contribution < -0.4 is 11.1 Å². The van der Waals surface area contributed by atoms with E-state index in [1.54, 1.807) is 0 Å². The van der Waals surface area contributed by atoms with Crippen LogP contribution in [0.15, 0.2) is 12.3 Å². The Balaban J connectivity index is 2.50. The summed E-state index contributed by atoms with van der Waals surface area (Å²) in [5.74, 6) is -0.0971. The Morgan fingerprint density at radius 1 is 1.69 bits per heavy atom. The van der Waals surface area contributed by atoms with Crippen LogP contribution in [0.4, 0.5) is 5.95 Å². The standard InChI is InChI=1S/C10H15ClN4O/c1-2-3-4-7(12)9(16)15-10-13-6-5-8(11)14-10/h5-7H,2-4,12H2,1H3,(H,13,14,15,16)/t7-/m0/s1. The third kappa shape index (κ3) is 4.12. The van der Waals surface area contributed by atoms with Crippen LogP contribution in [0.3, 0.4) is 0 Å². The molecule has 0 aliphatic carbocycles. The largest absolute Gasteiger partial charge is 0.320 e. The van der Waals surface area contributed by atoms with E-state index < -0.39 is 6.04 Å². The fourth-order valence-electron chi connectivity index (χ4n) is 1.15. The van der Waals surface area contributed by atoms with Crippen molar-refractivity contribution in [1.29, 1.82) is 0 Å². The van der Waals surface area contributed by atoms with E-state index in [9.17, 15) is 4.79 Å². The smallest absolute Gasteiger partial charge is 0.243 e. The van der Waals surface area contributed by atoms with Crippen molar-refractivity contribution in [2.24, 2.45) is 5.73 Å². The number of carbonyl (C=O) groups excluding carboxylic acids is 1. The molecule has 1 aromatic rings. The zero-order chi connectivity index (χ0) is 12.0. The van der Waals surface area contributed by atoms with Crippen LogP contribution in [0.5, 0.6) is 0 Å². The first-order valence-corrected chi connectivity index (χ1v) is 5.56. The number of unbranched alkanes of at least 4 members (excludes halogenated alkanes) is 1. The summed E-state index contributed by atoms with van der Waals surface area (Å²) in [4.78, 5) is 19.3. The van der Waals surface area contributed by atoms with E-state index in [2.05, 4.69) is 15.3 Å². The second kappa shape index (κ2) is 6.40. The molecular formula is C10H15ClN4O. The van der Waals surface area contributed by atoms with Crippen molar-refractivity contribution in [3.05, 3.63) is 17.4 Å². The van der Waals surface area contributed by atoms with Gasteiger partial charge in [-0.2, -0.15) is 0 Å². The molecule has 0 aliphatic heterocycles. The third-order valence-corrected chi connectivity index (χ3v) is 2.27. The van der Waals surface area contributed by atoms with Gasteiger partial charge in [0.05, 0.1) is 6.04 Å². The molecular weight excluding hydrogens is 228 g/mol. The lowest BCUT2D eigenvalue weighted by molar-refractivity contribution is -0.117. The fourth-order valence-corrected chi connectivity index (χ4v) is 1.29. The summed E-state index contributed by atoms with van der Waals surface area (Å²) in [6.45, 7) is 2.05. The lowest BCUT2D eigenvalue weighted by Gasteiger charge is -2.10. The maximum Gasteiger partial charge on any atom is 0.243 e. The summed E-state index contributed by atoms with van der Waals surface area (Å²) in [6.07, 6.45) is 4.06. The van der Waals surface area contributed by atoms with E-state index in [1.807, 2.05) is 6.92 Å². The molecule has 6 heteroatoms. The molecule has 1 aromatic heterocycles. The summed E-state index contributed by atoms with van der Waals surface area (Å²) >= 11 is 5.66. The van der Waals surface area contributed by atoms with Crippen molar-refractivity contribution in [2.45, 2.75) is 32.2 Å². The van der Waals surface area contributed by atoms with Gasteiger partial charge in [-0.3, -0.25) is 10.1 Å². The van der Waals surface area contributed by atoms with Gasteiger partial charge in [-0.05, 0) is 12.5 Å². The summed E-state index contributed by atoms with van der Waals surface area (Å²) in [5, 5.41) is 2.81. The Hall–Kier alpha value is -1.20. The number of hydrogen-bond acceptors (Lipinski definition) is 4. The summed E-state index contributed by atoms with van der Waals surface area (Å²) in [5.41, 5.74) is 5.69. The summed E-state index contributed by atoms with van der Waals surface area (Å²) < 4.78 is 0. The highest BCUT2D eigenvalue weighted by atomic mass is 35.5. The van der Waals surface area contributed by atoms with Crippen molar-refractivity contribution >= 4 is 23.5 Å². The lowest BCUT2D eigenvalue weighted by atomic mass is 10.1. The van der Waals surface area contributed by atoms with Crippen LogP contribution in [-0.2, 0) is 4.79 Å². The average Bonchev–Trinajstić information content (AvgIpc) is 2.25. The van der Waals surface area contributed by atoms with E-state index in [-0.39, 0.29) is 17.0 Å². The number of halogens is 1. The first kappa shape index (κ1) is 12.9. The van der Waals surface area contributed by atoms with E-state index >= 15 is 0 Å². The molecule has 0 radical (unpaired) electrons. The minimum atomic E-state index is -0.525. The SMILES string of the molecule is CCCC[C@H](N)C(=O)Nc1nccc(Cl)n1. The number of rotatable bonds is 5.